The number of rotatable bonds is 2. The summed E-state index contributed by atoms with van der Waals surface area (Å²) < 4.78 is 9.20. The van der Waals surface area contributed by atoms with E-state index >= 15 is 0 Å². The highest BCUT2D eigenvalue weighted by Gasteiger charge is 2.14. The van der Waals surface area contributed by atoms with Gasteiger partial charge in [0.1, 0.15) is 0 Å². The van der Waals surface area contributed by atoms with Crippen molar-refractivity contribution in [3.05, 3.63) is 30.0 Å². The maximum Gasteiger partial charge on any atom is 0.411 e. The fraction of sp³-hybridized carbons (Fsp3) is 0.167. The van der Waals surface area contributed by atoms with E-state index in [0.717, 1.165) is 10.9 Å². The van der Waals surface area contributed by atoms with Crippen molar-refractivity contribution in [3.63, 3.8) is 0 Å². The van der Waals surface area contributed by atoms with Crippen molar-refractivity contribution in [1.82, 2.24) is 4.98 Å². The molecule has 0 fully saturated rings. The van der Waals surface area contributed by atoms with Gasteiger partial charge < -0.3 is 14.5 Å². The van der Waals surface area contributed by atoms with Crippen LogP contribution in [0.1, 0.15) is 10.4 Å². The van der Waals surface area contributed by atoms with Crippen LogP contribution in [-0.2, 0) is 9.47 Å². The van der Waals surface area contributed by atoms with E-state index < -0.39 is 12.1 Å². The minimum atomic E-state index is -0.600. The Balaban J connectivity index is 2.50. The van der Waals surface area contributed by atoms with Gasteiger partial charge in [0.25, 0.3) is 0 Å². The Hall–Kier alpha value is -2.50. The van der Waals surface area contributed by atoms with Gasteiger partial charge in [-0.1, -0.05) is 0 Å². The molecule has 18 heavy (non-hydrogen) atoms. The van der Waals surface area contributed by atoms with Gasteiger partial charge in [0.15, 0.2) is 0 Å². The number of anilines is 1. The van der Waals surface area contributed by atoms with Gasteiger partial charge in [0, 0.05) is 22.8 Å². The monoisotopic (exact) mass is 248 g/mol. The SMILES string of the molecule is COC(=O)Nc1cc(C(=O)OC)c2cc[nH]c2c1. The molecule has 0 saturated carbocycles. The summed E-state index contributed by atoms with van der Waals surface area (Å²) in [6.45, 7) is 0. The third-order valence-electron chi connectivity index (χ3n) is 2.51. The summed E-state index contributed by atoms with van der Waals surface area (Å²) in [7, 11) is 2.57. The summed E-state index contributed by atoms with van der Waals surface area (Å²) in [5, 5.41) is 3.24. The molecule has 6 nitrogen and oxygen atoms in total. The van der Waals surface area contributed by atoms with Crippen molar-refractivity contribution in [1.29, 1.82) is 0 Å². The van der Waals surface area contributed by atoms with E-state index in [0.29, 0.717) is 11.3 Å². The Morgan fingerprint density at radius 3 is 2.67 bits per heavy atom. The zero-order valence-corrected chi connectivity index (χ0v) is 9.94. The Morgan fingerprint density at radius 2 is 2.00 bits per heavy atom. The number of aromatic nitrogens is 1. The summed E-state index contributed by atoms with van der Waals surface area (Å²) in [4.78, 5) is 25.8. The molecule has 2 N–H and O–H groups in total. The molecule has 2 rings (SSSR count). The lowest BCUT2D eigenvalue weighted by atomic mass is 10.1. The molecule has 0 atom stereocenters. The minimum absolute atomic E-state index is 0.377. The summed E-state index contributed by atoms with van der Waals surface area (Å²) in [6, 6.07) is 5.02. The van der Waals surface area contributed by atoms with Crippen molar-refractivity contribution >= 4 is 28.7 Å². The maximum atomic E-state index is 11.7. The molecule has 0 unspecified atom stereocenters. The summed E-state index contributed by atoms with van der Waals surface area (Å²) >= 11 is 0. The number of esters is 1. The van der Waals surface area contributed by atoms with Crippen LogP contribution in [0.2, 0.25) is 0 Å². The first-order chi connectivity index (χ1) is 8.65. The molecule has 1 heterocycles. The molecule has 0 radical (unpaired) electrons. The number of amides is 1. The van der Waals surface area contributed by atoms with E-state index in [4.69, 9.17) is 4.74 Å². The third-order valence-corrected chi connectivity index (χ3v) is 2.51. The second-order valence-electron chi connectivity index (χ2n) is 3.57. The van der Waals surface area contributed by atoms with Crippen LogP contribution < -0.4 is 5.32 Å². The van der Waals surface area contributed by atoms with Crippen LogP contribution in [0.5, 0.6) is 0 Å². The van der Waals surface area contributed by atoms with Crippen molar-refractivity contribution < 1.29 is 19.1 Å². The summed E-state index contributed by atoms with van der Waals surface area (Å²) in [6.07, 6.45) is 1.11. The average Bonchev–Trinajstić information content (AvgIpc) is 2.84. The van der Waals surface area contributed by atoms with E-state index in [1.54, 1.807) is 24.4 Å². The van der Waals surface area contributed by atoms with Crippen LogP contribution in [0, 0.1) is 0 Å². The largest absolute Gasteiger partial charge is 0.465 e. The number of aromatic amines is 1. The predicted octanol–water partition coefficient (Wildman–Crippen LogP) is 2.13. The number of hydrogen-bond acceptors (Lipinski definition) is 4. The molecule has 94 valence electrons. The van der Waals surface area contributed by atoms with Crippen LogP contribution in [0.3, 0.4) is 0 Å². The van der Waals surface area contributed by atoms with E-state index in [9.17, 15) is 9.59 Å². The molecular formula is C12H12N2O4. The maximum absolute atomic E-state index is 11.7. The first kappa shape index (κ1) is 12.0. The number of ether oxygens (including phenoxy) is 2. The first-order valence-corrected chi connectivity index (χ1v) is 5.20. The molecule has 0 spiro atoms. The Labute approximate surface area is 103 Å². The number of nitrogens with one attached hydrogen (secondary N) is 2. The van der Waals surface area contributed by atoms with Gasteiger partial charge in [-0.3, -0.25) is 5.32 Å². The number of carbonyl (C=O) groups is 2. The molecule has 1 aromatic carbocycles. The van der Waals surface area contributed by atoms with Crippen molar-refractivity contribution in [2.75, 3.05) is 19.5 Å². The molecule has 1 amide bonds. The zero-order chi connectivity index (χ0) is 13.1. The van der Waals surface area contributed by atoms with Crippen molar-refractivity contribution in [2.45, 2.75) is 0 Å². The predicted molar refractivity (Wildman–Crippen MR) is 65.7 cm³/mol. The molecular weight excluding hydrogens is 236 g/mol. The molecule has 1 aromatic heterocycles. The second-order valence-corrected chi connectivity index (χ2v) is 3.57. The smallest absolute Gasteiger partial charge is 0.411 e. The van der Waals surface area contributed by atoms with Crippen LogP contribution in [0.4, 0.5) is 10.5 Å². The lowest BCUT2D eigenvalue weighted by Crippen LogP contribution is -2.12. The Bertz CT molecular complexity index is 603. The number of carbonyl (C=O) groups excluding carboxylic acids is 2. The van der Waals surface area contributed by atoms with Gasteiger partial charge in [-0.15, -0.1) is 0 Å². The lowest BCUT2D eigenvalue weighted by molar-refractivity contribution is 0.0603. The number of methoxy groups -OCH3 is 2. The number of fused-ring (bicyclic) bond motifs is 1. The average molecular weight is 248 g/mol. The normalized spacial score (nSPS) is 10.1. The lowest BCUT2D eigenvalue weighted by Gasteiger charge is -2.07. The summed E-state index contributed by atoms with van der Waals surface area (Å²) in [5.74, 6) is -0.465. The highest BCUT2D eigenvalue weighted by Crippen LogP contribution is 2.24. The molecule has 2 aromatic rings. The van der Waals surface area contributed by atoms with Gasteiger partial charge >= 0.3 is 12.1 Å². The fourth-order valence-electron chi connectivity index (χ4n) is 1.69. The molecule has 0 aliphatic heterocycles. The highest BCUT2D eigenvalue weighted by atomic mass is 16.5. The van der Waals surface area contributed by atoms with Crippen LogP contribution in [0.25, 0.3) is 10.9 Å². The second kappa shape index (κ2) is 4.79. The number of benzene rings is 1. The van der Waals surface area contributed by atoms with Gasteiger partial charge in [-0.25, -0.2) is 9.59 Å². The van der Waals surface area contributed by atoms with Crippen LogP contribution >= 0.6 is 0 Å². The quantitative estimate of drug-likeness (QED) is 0.798. The zero-order valence-electron chi connectivity index (χ0n) is 9.94. The van der Waals surface area contributed by atoms with E-state index in [1.807, 2.05) is 0 Å². The number of hydrogen-bond donors (Lipinski definition) is 2. The van der Waals surface area contributed by atoms with Crippen molar-refractivity contribution in [3.8, 4) is 0 Å². The topological polar surface area (TPSA) is 80.4 Å². The highest BCUT2D eigenvalue weighted by molar-refractivity contribution is 6.06. The summed E-state index contributed by atoms with van der Waals surface area (Å²) in [5.41, 5.74) is 1.56. The third kappa shape index (κ3) is 2.13. The molecule has 0 bridgehead atoms. The van der Waals surface area contributed by atoms with E-state index in [2.05, 4.69) is 15.0 Å². The number of H-pyrrole nitrogens is 1. The Kier molecular flexibility index (Phi) is 3.18. The van der Waals surface area contributed by atoms with Gasteiger partial charge in [0.2, 0.25) is 0 Å². The fourth-order valence-corrected chi connectivity index (χ4v) is 1.69. The molecule has 0 aliphatic rings. The molecule has 0 aliphatic carbocycles. The van der Waals surface area contributed by atoms with E-state index in [-0.39, 0.29) is 0 Å². The Morgan fingerprint density at radius 1 is 1.22 bits per heavy atom. The van der Waals surface area contributed by atoms with Crippen molar-refractivity contribution in [2.24, 2.45) is 0 Å². The first-order valence-electron chi connectivity index (χ1n) is 5.20. The van der Waals surface area contributed by atoms with Gasteiger partial charge in [0.05, 0.1) is 19.8 Å². The van der Waals surface area contributed by atoms with Gasteiger partial charge in [-0.2, -0.15) is 0 Å². The molecule has 6 heteroatoms. The van der Waals surface area contributed by atoms with E-state index in [1.165, 1.54) is 14.2 Å². The van der Waals surface area contributed by atoms with Gasteiger partial charge in [-0.05, 0) is 18.2 Å². The minimum Gasteiger partial charge on any atom is -0.465 e. The van der Waals surface area contributed by atoms with Crippen LogP contribution in [0.15, 0.2) is 24.4 Å². The molecule has 0 saturated heterocycles. The van der Waals surface area contributed by atoms with Crippen LogP contribution in [-0.4, -0.2) is 31.3 Å². The standard InChI is InChI=1S/C12H12N2O4/c1-17-11(15)9-5-7(14-12(16)18-2)6-10-8(9)3-4-13-10/h3-6,13H,1-2H3,(H,14,16).